The number of anilines is 1. The van der Waals surface area contributed by atoms with E-state index in [1.807, 2.05) is 13.8 Å². The molecule has 1 heterocycles. The number of benzene rings is 1. The van der Waals surface area contributed by atoms with Crippen molar-refractivity contribution in [3.05, 3.63) is 18.2 Å². The fourth-order valence-corrected chi connectivity index (χ4v) is 4.30. The third-order valence-electron chi connectivity index (χ3n) is 4.19. The summed E-state index contributed by atoms with van der Waals surface area (Å²) in [6.07, 6.45) is 1.69. The number of sulfonamides is 1. The lowest BCUT2D eigenvalue weighted by atomic mass is 10.1. The third-order valence-corrected chi connectivity index (χ3v) is 6.11. The van der Waals surface area contributed by atoms with Gasteiger partial charge < -0.3 is 14.8 Å². The van der Waals surface area contributed by atoms with Crippen molar-refractivity contribution in [3.8, 4) is 5.75 Å². The fourth-order valence-electron chi connectivity index (χ4n) is 2.71. The normalized spacial score (nSPS) is 17.1. The number of amides is 1. The van der Waals surface area contributed by atoms with Gasteiger partial charge in [0.25, 0.3) is 0 Å². The number of hydrogen-bond acceptors (Lipinski definition) is 5. The molecule has 1 fully saturated rings. The molecular weight excluding hydrogens is 344 g/mol. The topological polar surface area (TPSA) is 84.9 Å². The van der Waals surface area contributed by atoms with E-state index < -0.39 is 10.0 Å². The largest absolute Gasteiger partial charge is 0.495 e. The van der Waals surface area contributed by atoms with E-state index in [9.17, 15) is 13.2 Å². The van der Waals surface area contributed by atoms with E-state index in [1.54, 1.807) is 12.1 Å². The van der Waals surface area contributed by atoms with Gasteiger partial charge in [-0.1, -0.05) is 20.3 Å². The SMILES string of the molecule is CCC[C@@H](C)C(=O)Nc1ccc(OC)c(S(=O)(=O)N2CCOCC2)c1. The van der Waals surface area contributed by atoms with Gasteiger partial charge in [-0.05, 0) is 24.6 Å². The highest BCUT2D eigenvalue weighted by atomic mass is 32.2. The van der Waals surface area contributed by atoms with Gasteiger partial charge in [0.1, 0.15) is 10.6 Å². The number of methoxy groups -OCH3 is 1. The molecule has 1 aromatic carbocycles. The minimum Gasteiger partial charge on any atom is -0.495 e. The summed E-state index contributed by atoms with van der Waals surface area (Å²) >= 11 is 0. The summed E-state index contributed by atoms with van der Waals surface area (Å²) < 4.78 is 37.6. The minimum atomic E-state index is -3.72. The van der Waals surface area contributed by atoms with Crippen molar-refractivity contribution < 1.29 is 22.7 Å². The number of nitrogens with zero attached hydrogens (tertiary/aromatic N) is 1. The summed E-state index contributed by atoms with van der Waals surface area (Å²) in [6.45, 7) is 5.21. The number of morpholine rings is 1. The molecule has 1 aliphatic rings. The first-order valence-electron chi connectivity index (χ1n) is 8.47. The van der Waals surface area contributed by atoms with Gasteiger partial charge in [0.05, 0.1) is 20.3 Å². The predicted octanol–water partition coefficient (Wildman–Crippen LogP) is 2.09. The molecule has 0 aliphatic carbocycles. The number of hydrogen-bond donors (Lipinski definition) is 1. The number of carbonyl (C=O) groups is 1. The first-order chi connectivity index (χ1) is 11.9. The van der Waals surface area contributed by atoms with Crippen molar-refractivity contribution in [2.45, 2.75) is 31.6 Å². The summed E-state index contributed by atoms with van der Waals surface area (Å²) in [6, 6.07) is 4.67. The summed E-state index contributed by atoms with van der Waals surface area (Å²) in [5.41, 5.74) is 0.445. The quantitative estimate of drug-likeness (QED) is 0.794. The zero-order chi connectivity index (χ0) is 18.4. The third kappa shape index (κ3) is 4.71. The Kier molecular flexibility index (Phi) is 6.80. The Labute approximate surface area is 149 Å². The van der Waals surface area contributed by atoms with Gasteiger partial charge in [-0.15, -0.1) is 0 Å². The molecule has 7 nitrogen and oxygen atoms in total. The molecule has 0 radical (unpaired) electrons. The molecule has 1 aromatic rings. The van der Waals surface area contributed by atoms with Crippen molar-refractivity contribution in [2.75, 3.05) is 38.7 Å². The Morgan fingerprint density at radius 2 is 2.04 bits per heavy atom. The van der Waals surface area contributed by atoms with Gasteiger partial charge in [0.2, 0.25) is 15.9 Å². The Morgan fingerprint density at radius 3 is 2.64 bits per heavy atom. The Balaban J connectivity index is 2.29. The molecule has 0 spiro atoms. The van der Waals surface area contributed by atoms with Crippen LogP contribution in [0, 0.1) is 5.92 Å². The van der Waals surface area contributed by atoms with Crippen LogP contribution in [0.1, 0.15) is 26.7 Å². The molecule has 1 amide bonds. The van der Waals surface area contributed by atoms with Crippen LogP contribution >= 0.6 is 0 Å². The maximum absolute atomic E-state index is 12.9. The van der Waals surface area contributed by atoms with Gasteiger partial charge in [-0.2, -0.15) is 4.31 Å². The van der Waals surface area contributed by atoms with Crippen LogP contribution in [0.3, 0.4) is 0 Å². The van der Waals surface area contributed by atoms with Crippen LogP contribution in [0.4, 0.5) is 5.69 Å². The zero-order valence-corrected chi connectivity index (χ0v) is 15.8. The van der Waals surface area contributed by atoms with Gasteiger partial charge >= 0.3 is 0 Å². The first-order valence-corrected chi connectivity index (χ1v) is 9.91. The van der Waals surface area contributed by atoms with E-state index in [0.29, 0.717) is 32.0 Å². The molecule has 1 atom stereocenters. The van der Waals surface area contributed by atoms with Crippen LogP contribution in [0.25, 0.3) is 0 Å². The van der Waals surface area contributed by atoms with Gasteiger partial charge in [0.15, 0.2) is 0 Å². The molecule has 0 unspecified atom stereocenters. The molecule has 25 heavy (non-hydrogen) atoms. The molecule has 140 valence electrons. The number of rotatable bonds is 7. The molecule has 0 aromatic heterocycles. The van der Waals surface area contributed by atoms with Crippen molar-refractivity contribution in [1.29, 1.82) is 0 Å². The smallest absolute Gasteiger partial charge is 0.246 e. The van der Waals surface area contributed by atoms with E-state index in [4.69, 9.17) is 9.47 Å². The molecule has 0 saturated carbocycles. The second kappa shape index (κ2) is 8.64. The van der Waals surface area contributed by atoms with Gasteiger partial charge in [-0.25, -0.2) is 8.42 Å². The average molecular weight is 370 g/mol. The number of nitrogens with one attached hydrogen (secondary N) is 1. The standard InChI is InChI=1S/C17H26N2O5S/c1-4-5-13(2)17(20)18-14-6-7-15(23-3)16(12-14)25(21,22)19-8-10-24-11-9-19/h6-7,12-13H,4-5,8-11H2,1-3H3,(H,18,20)/t13-/m1/s1. The van der Waals surface area contributed by atoms with Crippen LogP contribution in [-0.2, 0) is 19.6 Å². The lowest BCUT2D eigenvalue weighted by Crippen LogP contribution is -2.40. The molecule has 0 bridgehead atoms. The maximum atomic E-state index is 12.9. The summed E-state index contributed by atoms with van der Waals surface area (Å²) in [7, 11) is -2.29. The van der Waals surface area contributed by atoms with Crippen molar-refractivity contribution in [1.82, 2.24) is 4.31 Å². The highest BCUT2D eigenvalue weighted by Crippen LogP contribution is 2.30. The molecule has 1 N–H and O–H groups in total. The van der Waals surface area contributed by atoms with Crippen LogP contribution in [0.5, 0.6) is 5.75 Å². The second-order valence-electron chi connectivity index (χ2n) is 6.06. The van der Waals surface area contributed by atoms with Crippen molar-refractivity contribution in [2.24, 2.45) is 5.92 Å². The minimum absolute atomic E-state index is 0.0536. The number of carbonyl (C=O) groups excluding carboxylic acids is 1. The van der Waals surface area contributed by atoms with E-state index >= 15 is 0 Å². The molecule has 8 heteroatoms. The summed E-state index contributed by atoms with van der Waals surface area (Å²) in [4.78, 5) is 12.3. The monoisotopic (exact) mass is 370 g/mol. The summed E-state index contributed by atoms with van der Waals surface area (Å²) in [5.74, 6) is -0.000707. The average Bonchev–Trinajstić information content (AvgIpc) is 2.62. The summed E-state index contributed by atoms with van der Waals surface area (Å²) in [5, 5.41) is 2.79. The van der Waals surface area contributed by atoms with Crippen molar-refractivity contribution in [3.63, 3.8) is 0 Å². The van der Waals surface area contributed by atoms with Crippen LogP contribution < -0.4 is 10.1 Å². The van der Waals surface area contributed by atoms with E-state index in [0.717, 1.165) is 12.8 Å². The number of ether oxygens (including phenoxy) is 2. The van der Waals surface area contributed by atoms with E-state index in [1.165, 1.54) is 17.5 Å². The Hall–Kier alpha value is -1.64. The Bertz CT molecular complexity index is 699. The van der Waals surface area contributed by atoms with Crippen LogP contribution in [0.2, 0.25) is 0 Å². The molecule has 1 aliphatic heterocycles. The lowest BCUT2D eigenvalue weighted by molar-refractivity contribution is -0.119. The highest BCUT2D eigenvalue weighted by Gasteiger charge is 2.29. The predicted molar refractivity (Wildman–Crippen MR) is 95.3 cm³/mol. The van der Waals surface area contributed by atoms with E-state index in [2.05, 4.69) is 5.32 Å². The van der Waals surface area contributed by atoms with Crippen LogP contribution in [0.15, 0.2) is 23.1 Å². The van der Waals surface area contributed by atoms with E-state index in [-0.39, 0.29) is 22.5 Å². The second-order valence-corrected chi connectivity index (χ2v) is 7.97. The highest BCUT2D eigenvalue weighted by molar-refractivity contribution is 7.89. The molecular formula is C17H26N2O5S. The zero-order valence-electron chi connectivity index (χ0n) is 14.9. The fraction of sp³-hybridized carbons (Fsp3) is 0.588. The van der Waals surface area contributed by atoms with Gasteiger partial charge in [-0.3, -0.25) is 4.79 Å². The molecule has 1 saturated heterocycles. The van der Waals surface area contributed by atoms with Gasteiger partial charge in [0, 0.05) is 24.7 Å². The Morgan fingerprint density at radius 1 is 1.36 bits per heavy atom. The maximum Gasteiger partial charge on any atom is 0.246 e. The van der Waals surface area contributed by atoms with Crippen molar-refractivity contribution >= 4 is 21.6 Å². The van der Waals surface area contributed by atoms with Crippen LogP contribution in [-0.4, -0.2) is 52.0 Å². The first kappa shape index (κ1) is 19.7. The lowest BCUT2D eigenvalue weighted by Gasteiger charge is -2.27. The molecule has 2 rings (SSSR count).